The van der Waals surface area contributed by atoms with E-state index in [9.17, 15) is 4.79 Å². The van der Waals surface area contributed by atoms with E-state index in [2.05, 4.69) is 10.3 Å². The normalized spacial score (nSPS) is 27.1. The Morgan fingerprint density at radius 1 is 1.47 bits per heavy atom. The highest BCUT2D eigenvalue weighted by molar-refractivity contribution is 7.15. The molecule has 1 saturated heterocycles. The van der Waals surface area contributed by atoms with E-state index >= 15 is 0 Å². The highest BCUT2D eigenvalue weighted by atomic mass is 32.1. The molecule has 2 heterocycles. The van der Waals surface area contributed by atoms with Crippen LogP contribution in [-0.4, -0.2) is 30.1 Å². The first-order valence-corrected chi connectivity index (χ1v) is 6.68. The first-order valence-electron chi connectivity index (χ1n) is 5.87. The molecule has 2 unspecified atom stereocenters. The maximum Gasteiger partial charge on any atom is 0.233 e. The Morgan fingerprint density at radius 2 is 2.35 bits per heavy atom. The van der Waals surface area contributed by atoms with Gasteiger partial charge in [0.25, 0.3) is 0 Å². The van der Waals surface area contributed by atoms with Crippen LogP contribution < -0.4 is 11.1 Å². The third-order valence-corrected chi connectivity index (χ3v) is 4.36. The van der Waals surface area contributed by atoms with Gasteiger partial charge >= 0.3 is 0 Å². The number of nitrogens with two attached hydrogens (primary N) is 1. The van der Waals surface area contributed by atoms with Crippen molar-refractivity contribution in [2.24, 2.45) is 11.7 Å². The monoisotopic (exact) mass is 253 g/mol. The van der Waals surface area contributed by atoms with Crippen LogP contribution >= 0.6 is 11.3 Å². The number of hydrogen-bond donors (Lipinski definition) is 2. The van der Waals surface area contributed by atoms with Gasteiger partial charge < -0.3 is 15.8 Å². The molecule has 1 aromatic heterocycles. The maximum absolute atomic E-state index is 11.9. The third kappa shape index (κ3) is 2.08. The average Bonchev–Trinajstić information content (AvgIpc) is 2.92. The van der Waals surface area contributed by atoms with Crippen LogP contribution in [0.1, 0.15) is 17.0 Å². The molecule has 0 bridgehead atoms. The van der Waals surface area contributed by atoms with Crippen LogP contribution in [0.15, 0.2) is 0 Å². The van der Waals surface area contributed by atoms with Gasteiger partial charge in [0.2, 0.25) is 5.91 Å². The number of carbonyl (C=O) groups is 1. The zero-order valence-electron chi connectivity index (χ0n) is 9.44. The van der Waals surface area contributed by atoms with E-state index in [0.717, 1.165) is 18.5 Å². The van der Waals surface area contributed by atoms with Crippen LogP contribution in [0, 0.1) is 5.92 Å². The predicted molar refractivity (Wildman–Crippen MR) is 65.1 cm³/mol. The molecule has 6 heteroatoms. The predicted octanol–water partition coefficient (Wildman–Crippen LogP) is 0.544. The van der Waals surface area contributed by atoms with Crippen LogP contribution in [0.25, 0.3) is 0 Å². The summed E-state index contributed by atoms with van der Waals surface area (Å²) in [5.74, 6) is -0.309. The van der Waals surface area contributed by atoms with Gasteiger partial charge in [0, 0.05) is 10.9 Å². The molecule has 0 aromatic carbocycles. The summed E-state index contributed by atoms with van der Waals surface area (Å²) in [5.41, 5.74) is 6.95. The van der Waals surface area contributed by atoms with Gasteiger partial charge in [-0.1, -0.05) is 0 Å². The standard InChI is InChI=1S/C11H15N3O2S/c12-7-5-16-4-6(7)10(15)14-11-13-8-2-1-3-9(8)17-11/h6-7H,1-5,12H2,(H,13,14,15). The van der Waals surface area contributed by atoms with E-state index in [1.807, 2.05) is 0 Å². The summed E-state index contributed by atoms with van der Waals surface area (Å²) < 4.78 is 5.19. The van der Waals surface area contributed by atoms with Gasteiger partial charge in [0.05, 0.1) is 24.8 Å². The van der Waals surface area contributed by atoms with E-state index in [0.29, 0.717) is 18.3 Å². The second-order valence-corrected chi connectivity index (χ2v) is 5.62. The summed E-state index contributed by atoms with van der Waals surface area (Å²) in [5, 5.41) is 3.56. The Hall–Kier alpha value is -0.980. The molecular weight excluding hydrogens is 238 g/mol. The molecule has 1 aliphatic carbocycles. The number of fused-ring (bicyclic) bond motifs is 1. The number of aryl methyl sites for hydroxylation is 2. The van der Waals surface area contributed by atoms with Crippen molar-refractivity contribution in [2.45, 2.75) is 25.3 Å². The zero-order valence-corrected chi connectivity index (χ0v) is 10.3. The quantitative estimate of drug-likeness (QED) is 0.806. The molecule has 3 rings (SSSR count). The highest BCUT2D eigenvalue weighted by Gasteiger charge is 2.32. The van der Waals surface area contributed by atoms with Crippen molar-refractivity contribution in [3.63, 3.8) is 0 Å². The minimum atomic E-state index is -0.242. The number of aromatic nitrogens is 1. The van der Waals surface area contributed by atoms with Gasteiger partial charge in [-0.15, -0.1) is 11.3 Å². The largest absolute Gasteiger partial charge is 0.379 e. The fraction of sp³-hybridized carbons (Fsp3) is 0.636. The smallest absolute Gasteiger partial charge is 0.233 e. The van der Waals surface area contributed by atoms with E-state index in [1.54, 1.807) is 11.3 Å². The third-order valence-electron chi connectivity index (χ3n) is 3.29. The Balaban J connectivity index is 1.68. The van der Waals surface area contributed by atoms with Gasteiger partial charge in [0.15, 0.2) is 5.13 Å². The van der Waals surface area contributed by atoms with Crippen molar-refractivity contribution in [1.82, 2.24) is 4.98 Å². The number of amides is 1. The Kier molecular flexibility index (Phi) is 2.85. The lowest BCUT2D eigenvalue weighted by Gasteiger charge is -2.11. The molecule has 5 nitrogen and oxygen atoms in total. The Labute approximate surface area is 103 Å². The average molecular weight is 253 g/mol. The zero-order chi connectivity index (χ0) is 11.8. The highest BCUT2D eigenvalue weighted by Crippen LogP contribution is 2.30. The molecule has 0 radical (unpaired) electrons. The molecule has 0 spiro atoms. The summed E-state index contributed by atoms with van der Waals surface area (Å²) in [6.07, 6.45) is 3.31. The molecule has 92 valence electrons. The summed E-state index contributed by atoms with van der Waals surface area (Å²) >= 11 is 1.59. The summed E-state index contributed by atoms with van der Waals surface area (Å²) in [7, 11) is 0. The molecule has 2 aliphatic rings. The summed E-state index contributed by atoms with van der Waals surface area (Å²) in [6.45, 7) is 0.880. The van der Waals surface area contributed by atoms with Crippen LogP contribution in [0.5, 0.6) is 0 Å². The molecule has 17 heavy (non-hydrogen) atoms. The fourth-order valence-electron chi connectivity index (χ4n) is 2.28. The van der Waals surface area contributed by atoms with E-state index in [1.165, 1.54) is 11.3 Å². The first kappa shape index (κ1) is 11.1. The van der Waals surface area contributed by atoms with Crippen molar-refractivity contribution in [3.8, 4) is 0 Å². The van der Waals surface area contributed by atoms with Crippen LogP contribution in [0.4, 0.5) is 5.13 Å². The van der Waals surface area contributed by atoms with Gasteiger partial charge in [-0.2, -0.15) is 0 Å². The SMILES string of the molecule is NC1COCC1C(=O)Nc1nc2c(s1)CCC2. The lowest BCUT2D eigenvalue weighted by molar-refractivity contribution is -0.120. The van der Waals surface area contributed by atoms with Crippen LogP contribution in [-0.2, 0) is 22.4 Å². The Morgan fingerprint density at radius 3 is 3.06 bits per heavy atom. The van der Waals surface area contributed by atoms with E-state index in [-0.39, 0.29) is 17.9 Å². The van der Waals surface area contributed by atoms with Crippen molar-refractivity contribution < 1.29 is 9.53 Å². The number of nitrogens with one attached hydrogen (secondary N) is 1. The number of rotatable bonds is 2. The molecule has 1 fully saturated rings. The Bertz CT molecular complexity index is 424. The molecule has 1 aliphatic heterocycles. The molecule has 3 N–H and O–H groups in total. The summed E-state index contributed by atoms with van der Waals surface area (Å²) in [4.78, 5) is 17.7. The lowest BCUT2D eigenvalue weighted by atomic mass is 10.0. The first-order chi connectivity index (χ1) is 8.24. The fourth-order valence-corrected chi connectivity index (χ4v) is 3.34. The molecule has 2 atom stereocenters. The molecule has 0 saturated carbocycles. The van der Waals surface area contributed by atoms with Gasteiger partial charge in [-0.3, -0.25) is 4.79 Å². The number of carbonyl (C=O) groups excluding carboxylic acids is 1. The van der Waals surface area contributed by atoms with Crippen LogP contribution in [0.3, 0.4) is 0 Å². The van der Waals surface area contributed by atoms with Crippen molar-refractivity contribution in [2.75, 3.05) is 18.5 Å². The van der Waals surface area contributed by atoms with Crippen molar-refractivity contribution in [1.29, 1.82) is 0 Å². The van der Waals surface area contributed by atoms with Gasteiger partial charge in [-0.25, -0.2) is 4.98 Å². The lowest BCUT2D eigenvalue weighted by Crippen LogP contribution is -2.37. The molecule has 1 amide bonds. The van der Waals surface area contributed by atoms with Crippen molar-refractivity contribution in [3.05, 3.63) is 10.6 Å². The molecular formula is C11H15N3O2S. The number of anilines is 1. The number of ether oxygens (including phenoxy) is 1. The number of hydrogen-bond acceptors (Lipinski definition) is 5. The van der Waals surface area contributed by atoms with E-state index in [4.69, 9.17) is 10.5 Å². The maximum atomic E-state index is 11.9. The number of thiazole rings is 1. The molecule has 1 aromatic rings. The minimum Gasteiger partial charge on any atom is -0.379 e. The van der Waals surface area contributed by atoms with Gasteiger partial charge in [0.1, 0.15) is 0 Å². The minimum absolute atomic E-state index is 0.0672. The number of nitrogens with zero attached hydrogens (tertiary/aromatic N) is 1. The topological polar surface area (TPSA) is 77.2 Å². The second-order valence-electron chi connectivity index (χ2n) is 4.54. The summed E-state index contributed by atoms with van der Waals surface area (Å²) in [6, 6.07) is -0.193. The van der Waals surface area contributed by atoms with E-state index < -0.39 is 0 Å². The van der Waals surface area contributed by atoms with Crippen molar-refractivity contribution >= 4 is 22.4 Å². The second kappa shape index (κ2) is 4.36. The van der Waals surface area contributed by atoms with Crippen LogP contribution in [0.2, 0.25) is 0 Å². The van der Waals surface area contributed by atoms with Gasteiger partial charge in [-0.05, 0) is 19.3 Å².